The summed E-state index contributed by atoms with van der Waals surface area (Å²) in [7, 11) is 0. The zero-order valence-corrected chi connectivity index (χ0v) is 11.1. The van der Waals surface area contributed by atoms with Gasteiger partial charge in [0.05, 0.1) is 6.54 Å². The second-order valence-electron chi connectivity index (χ2n) is 4.55. The molecular weight excluding hydrogens is 244 g/mol. The third kappa shape index (κ3) is 3.25. The number of terminal acetylenes is 1. The van der Waals surface area contributed by atoms with Gasteiger partial charge >= 0.3 is 6.03 Å². The van der Waals surface area contributed by atoms with E-state index in [1.807, 2.05) is 6.92 Å². The van der Waals surface area contributed by atoms with Gasteiger partial charge in [0.2, 0.25) is 5.89 Å². The van der Waals surface area contributed by atoms with Crippen molar-refractivity contribution in [3.8, 4) is 12.3 Å². The van der Waals surface area contributed by atoms with E-state index in [-0.39, 0.29) is 18.5 Å². The van der Waals surface area contributed by atoms with Crippen LogP contribution < -0.4 is 5.32 Å². The molecule has 0 aromatic carbocycles. The fourth-order valence-corrected chi connectivity index (χ4v) is 2.19. The lowest BCUT2D eigenvalue weighted by Crippen LogP contribution is -2.45. The topological polar surface area (TPSA) is 71.3 Å². The minimum atomic E-state index is -0.123. The Hall–Kier alpha value is -2.03. The third-order valence-electron chi connectivity index (χ3n) is 3.20. The van der Waals surface area contributed by atoms with Gasteiger partial charge < -0.3 is 14.7 Å². The lowest BCUT2D eigenvalue weighted by Gasteiger charge is -2.31. The average molecular weight is 262 g/mol. The summed E-state index contributed by atoms with van der Waals surface area (Å²) in [5.74, 6) is 3.88. The SMILES string of the molecule is C#CCNC(=O)N1CCCC(c2noc(CC)n2)C1. The number of hydrogen-bond acceptors (Lipinski definition) is 4. The number of carbonyl (C=O) groups excluding carboxylic acids is 1. The molecule has 1 unspecified atom stereocenters. The molecule has 1 atom stereocenters. The first kappa shape index (κ1) is 13.4. The highest BCUT2D eigenvalue weighted by Crippen LogP contribution is 2.24. The lowest BCUT2D eigenvalue weighted by atomic mass is 9.98. The number of aromatic nitrogens is 2. The van der Waals surface area contributed by atoms with E-state index in [1.54, 1.807) is 4.90 Å². The molecule has 102 valence electrons. The van der Waals surface area contributed by atoms with E-state index >= 15 is 0 Å². The fourth-order valence-electron chi connectivity index (χ4n) is 2.19. The Labute approximate surface area is 112 Å². The van der Waals surface area contributed by atoms with Gasteiger partial charge in [-0.05, 0) is 12.8 Å². The van der Waals surface area contributed by atoms with Crippen LogP contribution in [0.4, 0.5) is 4.79 Å². The van der Waals surface area contributed by atoms with Crippen molar-refractivity contribution < 1.29 is 9.32 Å². The van der Waals surface area contributed by atoms with Crippen LogP contribution in [-0.4, -0.2) is 40.7 Å². The molecule has 2 amide bonds. The number of likely N-dealkylation sites (tertiary alicyclic amines) is 1. The number of urea groups is 1. The number of carbonyl (C=O) groups is 1. The monoisotopic (exact) mass is 262 g/mol. The molecule has 0 saturated carbocycles. The van der Waals surface area contributed by atoms with E-state index < -0.39 is 0 Å². The van der Waals surface area contributed by atoms with Gasteiger partial charge in [0, 0.05) is 25.4 Å². The molecule has 0 bridgehead atoms. The number of aryl methyl sites for hydroxylation is 1. The van der Waals surface area contributed by atoms with Crippen molar-refractivity contribution in [1.82, 2.24) is 20.4 Å². The van der Waals surface area contributed by atoms with Gasteiger partial charge in [-0.3, -0.25) is 0 Å². The molecule has 1 N–H and O–H groups in total. The molecule has 2 rings (SSSR count). The van der Waals surface area contributed by atoms with Crippen molar-refractivity contribution in [3.63, 3.8) is 0 Å². The van der Waals surface area contributed by atoms with Crippen LogP contribution in [0.2, 0.25) is 0 Å². The van der Waals surface area contributed by atoms with E-state index in [0.717, 1.165) is 25.8 Å². The molecule has 2 heterocycles. The molecule has 0 radical (unpaired) electrons. The Morgan fingerprint density at radius 1 is 1.68 bits per heavy atom. The van der Waals surface area contributed by atoms with Crippen molar-refractivity contribution in [2.45, 2.75) is 32.1 Å². The summed E-state index contributed by atoms with van der Waals surface area (Å²) in [6.07, 6.45) is 7.76. The maximum Gasteiger partial charge on any atom is 0.318 e. The molecule has 1 aromatic rings. The average Bonchev–Trinajstić information content (AvgIpc) is 2.94. The predicted octanol–water partition coefficient (Wildman–Crippen LogP) is 1.15. The van der Waals surface area contributed by atoms with Crippen molar-refractivity contribution in [2.75, 3.05) is 19.6 Å². The van der Waals surface area contributed by atoms with E-state index in [0.29, 0.717) is 18.3 Å². The van der Waals surface area contributed by atoms with E-state index in [4.69, 9.17) is 10.9 Å². The van der Waals surface area contributed by atoms with Gasteiger partial charge in [0.25, 0.3) is 0 Å². The molecule has 0 spiro atoms. The van der Waals surface area contributed by atoms with Gasteiger partial charge in [-0.1, -0.05) is 18.0 Å². The number of nitrogens with one attached hydrogen (secondary N) is 1. The quantitative estimate of drug-likeness (QED) is 0.830. The molecule has 6 heteroatoms. The van der Waals surface area contributed by atoms with Crippen LogP contribution in [-0.2, 0) is 6.42 Å². The lowest BCUT2D eigenvalue weighted by molar-refractivity contribution is 0.179. The fraction of sp³-hybridized carbons (Fsp3) is 0.615. The summed E-state index contributed by atoms with van der Waals surface area (Å²) in [5, 5.41) is 6.67. The van der Waals surface area contributed by atoms with Crippen molar-refractivity contribution in [2.24, 2.45) is 0 Å². The molecule has 1 aromatic heterocycles. The Balaban J connectivity index is 1.97. The van der Waals surface area contributed by atoms with Crippen LogP contribution in [0.25, 0.3) is 0 Å². The Morgan fingerprint density at radius 3 is 3.21 bits per heavy atom. The molecule has 1 aliphatic rings. The molecule has 1 fully saturated rings. The summed E-state index contributed by atoms with van der Waals surface area (Å²) in [6.45, 7) is 3.57. The molecule has 0 aliphatic carbocycles. The Morgan fingerprint density at radius 2 is 2.53 bits per heavy atom. The van der Waals surface area contributed by atoms with Crippen molar-refractivity contribution in [3.05, 3.63) is 11.7 Å². The van der Waals surface area contributed by atoms with Gasteiger partial charge in [-0.15, -0.1) is 6.42 Å². The van der Waals surface area contributed by atoms with Crippen LogP contribution in [0.5, 0.6) is 0 Å². The zero-order valence-electron chi connectivity index (χ0n) is 11.1. The van der Waals surface area contributed by atoms with Crippen LogP contribution in [0.15, 0.2) is 4.52 Å². The summed E-state index contributed by atoms with van der Waals surface area (Å²) in [5.41, 5.74) is 0. The summed E-state index contributed by atoms with van der Waals surface area (Å²) in [4.78, 5) is 17.9. The smallest absolute Gasteiger partial charge is 0.318 e. The normalized spacial score (nSPS) is 18.9. The third-order valence-corrected chi connectivity index (χ3v) is 3.20. The van der Waals surface area contributed by atoms with E-state index in [9.17, 15) is 4.79 Å². The van der Waals surface area contributed by atoms with Crippen LogP contribution >= 0.6 is 0 Å². The number of rotatable bonds is 3. The standard InChI is InChI=1S/C13H18N4O2/c1-3-7-14-13(18)17-8-5-6-10(9-17)12-15-11(4-2)19-16-12/h1,10H,4-9H2,2H3,(H,14,18). The first-order chi connectivity index (χ1) is 9.24. The maximum atomic E-state index is 11.9. The van der Waals surface area contributed by atoms with Crippen LogP contribution in [0, 0.1) is 12.3 Å². The number of piperidine rings is 1. The highest BCUT2D eigenvalue weighted by atomic mass is 16.5. The first-order valence-corrected chi connectivity index (χ1v) is 6.53. The second kappa shape index (κ2) is 6.23. The number of hydrogen-bond donors (Lipinski definition) is 1. The minimum Gasteiger partial charge on any atom is -0.339 e. The molecule has 6 nitrogen and oxygen atoms in total. The second-order valence-corrected chi connectivity index (χ2v) is 4.55. The molecule has 19 heavy (non-hydrogen) atoms. The largest absolute Gasteiger partial charge is 0.339 e. The van der Waals surface area contributed by atoms with Gasteiger partial charge in [-0.2, -0.15) is 4.98 Å². The minimum absolute atomic E-state index is 0.123. The number of amides is 2. The summed E-state index contributed by atoms with van der Waals surface area (Å²) < 4.78 is 5.12. The van der Waals surface area contributed by atoms with E-state index in [2.05, 4.69) is 21.4 Å². The predicted molar refractivity (Wildman–Crippen MR) is 69.5 cm³/mol. The molecule has 1 aliphatic heterocycles. The van der Waals surface area contributed by atoms with Crippen molar-refractivity contribution >= 4 is 6.03 Å². The van der Waals surface area contributed by atoms with Gasteiger partial charge in [-0.25, -0.2) is 4.79 Å². The Bertz CT molecular complexity index is 477. The maximum absolute atomic E-state index is 11.9. The summed E-state index contributed by atoms with van der Waals surface area (Å²) in [6, 6.07) is -0.123. The van der Waals surface area contributed by atoms with E-state index in [1.165, 1.54) is 0 Å². The van der Waals surface area contributed by atoms with Gasteiger partial charge in [0.1, 0.15) is 0 Å². The number of nitrogens with zero attached hydrogens (tertiary/aromatic N) is 3. The highest BCUT2D eigenvalue weighted by molar-refractivity contribution is 5.74. The Kier molecular flexibility index (Phi) is 4.39. The summed E-state index contributed by atoms with van der Waals surface area (Å²) >= 11 is 0. The molecule has 1 saturated heterocycles. The highest BCUT2D eigenvalue weighted by Gasteiger charge is 2.27. The van der Waals surface area contributed by atoms with Crippen LogP contribution in [0.3, 0.4) is 0 Å². The van der Waals surface area contributed by atoms with Crippen LogP contribution in [0.1, 0.15) is 37.4 Å². The zero-order chi connectivity index (χ0) is 13.7. The first-order valence-electron chi connectivity index (χ1n) is 6.53. The van der Waals surface area contributed by atoms with Crippen molar-refractivity contribution in [1.29, 1.82) is 0 Å². The van der Waals surface area contributed by atoms with Gasteiger partial charge in [0.15, 0.2) is 5.82 Å². The molecular formula is C13H18N4O2.